The van der Waals surface area contributed by atoms with Crippen molar-refractivity contribution in [2.75, 3.05) is 11.9 Å². The van der Waals surface area contributed by atoms with E-state index in [0.717, 1.165) is 31.1 Å². The number of halogens is 1. The lowest BCUT2D eigenvalue weighted by atomic mass is 10.0. The molecule has 0 saturated carbocycles. The average molecular weight is 324 g/mol. The van der Waals surface area contributed by atoms with E-state index in [1.54, 1.807) is 0 Å². The lowest BCUT2D eigenvalue weighted by Crippen LogP contribution is -2.36. The summed E-state index contributed by atoms with van der Waals surface area (Å²) < 4.78 is 0. The van der Waals surface area contributed by atoms with Crippen molar-refractivity contribution in [1.29, 1.82) is 0 Å². The van der Waals surface area contributed by atoms with Gasteiger partial charge >= 0.3 is 0 Å². The van der Waals surface area contributed by atoms with Gasteiger partial charge in [0.2, 0.25) is 5.91 Å². The zero-order valence-corrected chi connectivity index (χ0v) is 13.4. The van der Waals surface area contributed by atoms with Crippen molar-refractivity contribution in [1.82, 2.24) is 4.90 Å². The van der Waals surface area contributed by atoms with Gasteiger partial charge in [-0.25, -0.2) is 0 Å². The lowest BCUT2D eigenvalue weighted by Gasteiger charge is -2.24. The maximum absolute atomic E-state index is 12.5. The van der Waals surface area contributed by atoms with Crippen LogP contribution in [0.3, 0.4) is 0 Å². The molecular formula is C16H22BrNO. The minimum Gasteiger partial charge on any atom is -0.339 e. The van der Waals surface area contributed by atoms with E-state index in [9.17, 15) is 4.79 Å². The van der Waals surface area contributed by atoms with Crippen LogP contribution in [-0.4, -0.2) is 28.7 Å². The summed E-state index contributed by atoms with van der Waals surface area (Å²) in [5.74, 6) is 0.289. The number of carbonyl (C=O) groups is 1. The topological polar surface area (TPSA) is 20.3 Å². The highest BCUT2D eigenvalue weighted by atomic mass is 79.9. The molecule has 104 valence electrons. The van der Waals surface area contributed by atoms with E-state index < -0.39 is 0 Å². The van der Waals surface area contributed by atoms with E-state index in [1.165, 1.54) is 16.7 Å². The zero-order valence-electron chi connectivity index (χ0n) is 11.8. The summed E-state index contributed by atoms with van der Waals surface area (Å²) in [6, 6.07) is 6.80. The second-order valence-corrected chi connectivity index (χ2v) is 6.26. The van der Waals surface area contributed by atoms with E-state index in [-0.39, 0.29) is 5.91 Å². The number of nitrogens with zero attached hydrogens (tertiary/aromatic N) is 1. The van der Waals surface area contributed by atoms with Crippen molar-refractivity contribution in [2.24, 2.45) is 0 Å². The van der Waals surface area contributed by atoms with E-state index in [2.05, 4.69) is 52.9 Å². The molecule has 0 aromatic heterocycles. The number of carbonyl (C=O) groups excluding carboxylic acids is 1. The predicted octanol–water partition coefficient (Wildman–Crippen LogP) is 3.62. The summed E-state index contributed by atoms with van der Waals surface area (Å²) in [5, 5.41) is 0.977. The molecule has 1 aromatic carbocycles. The maximum atomic E-state index is 12.5. The minimum atomic E-state index is 0.289. The molecule has 0 N–H and O–H groups in total. The minimum absolute atomic E-state index is 0.289. The number of amides is 1. The fourth-order valence-corrected chi connectivity index (χ4v) is 3.37. The highest BCUT2D eigenvalue weighted by Gasteiger charge is 2.27. The van der Waals surface area contributed by atoms with Gasteiger partial charge in [-0.15, -0.1) is 0 Å². The van der Waals surface area contributed by atoms with Gasteiger partial charge in [0.15, 0.2) is 0 Å². The first-order valence-corrected chi connectivity index (χ1v) is 8.15. The van der Waals surface area contributed by atoms with E-state index >= 15 is 0 Å². The summed E-state index contributed by atoms with van der Waals surface area (Å²) in [6.07, 6.45) is 3.92. The number of hydrogen-bond donors (Lipinski definition) is 0. The fraction of sp³-hybridized carbons (Fsp3) is 0.562. The Morgan fingerprint density at radius 1 is 1.42 bits per heavy atom. The van der Waals surface area contributed by atoms with Crippen molar-refractivity contribution < 1.29 is 4.79 Å². The summed E-state index contributed by atoms with van der Waals surface area (Å²) >= 11 is 3.49. The van der Waals surface area contributed by atoms with Gasteiger partial charge in [-0.2, -0.15) is 0 Å². The standard InChI is InChI=1S/C16H22BrNO/c1-12-5-6-13(2)14(10-12)11-16(19)18-9-3-4-15(18)7-8-17/h5-6,10,15H,3-4,7-9,11H2,1-2H3. The van der Waals surface area contributed by atoms with Crippen molar-refractivity contribution in [3.63, 3.8) is 0 Å². The Morgan fingerprint density at radius 3 is 2.95 bits per heavy atom. The summed E-state index contributed by atoms with van der Waals surface area (Å²) in [7, 11) is 0. The quantitative estimate of drug-likeness (QED) is 0.775. The molecule has 1 saturated heterocycles. The Kier molecular flexibility index (Phi) is 5.03. The second kappa shape index (κ2) is 6.56. The van der Waals surface area contributed by atoms with Crippen LogP contribution in [0.5, 0.6) is 0 Å². The van der Waals surface area contributed by atoms with Crippen molar-refractivity contribution >= 4 is 21.8 Å². The van der Waals surface area contributed by atoms with Crippen LogP contribution >= 0.6 is 15.9 Å². The Hall–Kier alpha value is -0.830. The van der Waals surface area contributed by atoms with E-state index in [0.29, 0.717) is 12.5 Å². The highest BCUT2D eigenvalue weighted by Crippen LogP contribution is 2.22. The average Bonchev–Trinajstić information content (AvgIpc) is 2.82. The molecule has 1 aromatic rings. The van der Waals surface area contributed by atoms with Crippen LogP contribution in [0.4, 0.5) is 0 Å². The van der Waals surface area contributed by atoms with Crippen LogP contribution in [0.2, 0.25) is 0 Å². The molecule has 2 nitrogen and oxygen atoms in total. The van der Waals surface area contributed by atoms with Gasteiger partial charge in [-0.1, -0.05) is 39.7 Å². The molecule has 0 aliphatic carbocycles. The third kappa shape index (κ3) is 3.59. The summed E-state index contributed by atoms with van der Waals surface area (Å²) in [5.41, 5.74) is 3.62. The molecule has 2 rings (SSSR count). The fourth-order valence-electron chi connectivity index (χ4n) is 2.85. The van der Waals surface area contributed by atoms with Crippen molar-refractivity contribution in [3.8, 4) is 0 Å². The van der Waals surface area contributed by atoms with Gasteiger partial charge in [-0.05, 0) is 44.2 Å². The number of rotatable bonds is 4. The molecule has 19 heavy (non-hydrogen) atoms. The number of likely N-dealkylation sites (tertiary alicyclic amines) is 1. The molecule has 1 fully saturated rings. The van der Waals surface area contributed by atoms with Crippen LogP contribution in [0.15, 0.2) is 18.2 Å². The van der Waals surface area contributed by atoms with Gasteiger partial charge in [0, 0.05) is 17.9 Å². The molecule has 1 atom stereocenters. The third-order valence-electron chi connectivity index (χ3n) is 3.99. The molecule has 1 unspecified atom stereocenters. The molecule has 0 spiro atoms. The van der Waals surface area contributed by atoms with Crippen LogP contribution in [-0.2, 0) is 11.2 Å². The summed E-state index contributed by atoms with van der Waals surface area (Å²) in [6.45, 7) is 5.10. The molecule has 3 heteroatoms. The van der Waals surface area contributed by atoms with Crippen molar-refractivity contribution in [3.05, 3.63) is 34.9 Å². The second-order valence-electron chi connectivity index (χ2n) is 5.47. The predicted molar refractivity (Wildman–Crippen MR) is 82.8 cm³/mol. The molecule has 1 heterocycles. The number of benzene rings is 1. The normalized spacial score (nSPS) is 18.9. The molecular weight excluding hydrogens is 302 g/mol. The molecule has 0 bridgehead atoms. The highest BCUT2D eigenvalue weighted by molar-refractivity contribution is 9.09. The first-order valence-electron chi connectivity index (χ1n) is 7.03. The number of aryl methyl sites for hydroxylation is 2. The number of hydrogen-bond acceptors (Lipinski definition) is 1. The monoisotopic (exact) mass is 323 g/mol. The first-order chi connectivity index (χ1) is 9.11. The van der Waals surface area contributed by atoms with Gasteiger partial charge < -0.3 is 4.90 Å². The lowest BCUT2D eigenvalue weighted by molar-refractivity contribution is -0.131. The van der Waals surface area contributed by atoms with Gasteiger partial charge in [0.25, 0.3) is 0 Å². The summed E-state index contributed by atoms with van der Waals surface area (Å²) in [4.78, 5) is 14.6. The van der Waals surface area contributed by atoms with Gasteiger partial charge in [0.05, 0.1) is 6.42 Å². The smallest absolute Gasteiger partial charge is 0.227 e. The van der Waals surface area contributed by atoms with Gasteiger partial charge in [0.1, 0.15) is 0 Å². The van der Waals surface area contributed by atoms with E-state index in [1.807, 2.05) is 0 Å². The van der Waals surface area contributed by atoms with Crippen molar-refractivity contribution in [2.45, 2.75) is 45.6 Å². The largest absolute Gasteiger partial charge is 0.339 e. The Labute approximate surface area is 124 Å². The maximum Gasteiger partial charge on any atom is 0.227 e. The SMILES string of the molecule is Cc1ccc(C)c(CC(=O)N2CCCC2CCBr)c1. The Bertz CT molecular complexity index is 458. The molecule has 1 aliphatic rings. The third-order valence-corrected chi connectivity index (χ3v) is 4.44. The molecule has 0 radical (unpaired) electrons. The zero-order chi connectivity index (χ0) is 13.8. The molecule has 1 aliphatic heterocycles. The molecule has 1 amide bonds. The van der Waals surface area contributed by atoms with Crippen LogP contribution in [0.1, 0.15) is 36.0 Å². The Morgan fingerprint density at radius 2 is 2.21 bits per heavy atom. The Balaban J connectivity index is 2.06. The van der Waals surface area contributed by atoms with E-state index in [4.69, 9.17) is 0 Å². The number of alkyl halides is 1. The van der Waals surface area contributed by atoms with Crippen LogP contribution in [0, 0.1) is 13.8 Å². The first kappa shape index (κ1) is 14.6. The van der Waals surface area contributed by atoms with Crippen LogP contribution < -0.4 is 0 Å². The van der Waals surface area contributed by atoms with Crippen LogP contribution in [0.25, 0.3) is 0 Å². The van der Waals surface area contributed by atoms with Gasteiger partial charge in [-0.3, -0.25) is 4.79 Å².